The number of hydrogen-bond acceptors (Lipinski definition) is 3. The fourth-order valence-electron chi connectivity index (χ4n) is 3.50. The van der Waals surface area contributed by atoms with E-state index in [-0.39, 0.29) is 23.6 Å². The summed E-state index contributed by atoms with van der Waals surface area (Å²) in [5.74, 6) is -1.75. The first-order chi connectivity index (χ1) is 13.5. The molecule has 28 heavy (non-hydrogen) atoms. The van der Waals surface area contributed by atoms with E-state index in [9.17, 15) is 18.4 Å². The molecule has 0 atom stereocenters. The van der Waals surface area contributed by atoms with Crippen molar-refractivity contribution in [2.24, 2.45) is 0 Å². The van der Waals surface area contributed by atoms with Crippen molar-refractivity contribution < 1.29 is 13.6 Å². The Balaban J connectivity index is 1.83. The SMILES string of the molecule is Cc1cc(=O)c(C(=O)N2CCCc3cccc(F)c32)nn1-c1ccccc1F. The monoisotopic (exact) mass is 381 g/mol. The Labute approximate surface area is 159 Å². The van der Waals surface area contributed by atoms with Crippen molar-refractivity contribution in [1.82, 2.24) is 9.78 Å². The largest absolute Gasteiger partial charge is 0.304 e. The molecular formula is C21H17F2N3O2. The molecule has 5 nitrogen and oxygen atoms in total. The lowest BCUT2D eigenvalue weighted by Crippen LogP contribution is -2.40. The van der Waals surface area contributed by atoms with Crippen molar-refractivity contribution in [3.8, 4) is 5.69 Å². The van der Waals surface area contributed by atoms with Gasteiger partial charge in [-0.05, 0) is 43.5 Å². The van der Waals surface area contributed by atoms with Gasteiger partial charge in [0.15, 0.2) is 5.69 Å². The summed E-state index contributed by atoms with van der Waals surface area (Å²) in [6.07, 6.45) is 1.30. The van der Waals surface area contributed by atoms with Crippen LogP contribution in [0.3, 0.4) is 0 Å². The lowest BCUT2D eigenvalue weighted by Gasteiger charge is -2.29. The average Bonchev–Trinajstić information content (AvgIpc) is 2.68. The molecule has 2 aromatic carbocycles. The molecule has 0 N–H and O–H groups in total. The van der Waals surface area contributed by atoms with Gasteiger partial charge in [0.2, 0.25) is 5.43 Å². The predicted molar refractivity (Wildman–Crippen MR) is 101 cm³/mol. The van der Waals surface area contributed by atoms with E-state index in [4.69, 9.17) is 0 Å². The van der Waals surface area contributed by atoms with Crippen molar-refractivity contribution in [2.45, 2.75) is 19.8 Å². The normalized spacial score (nSPS) is 13.3. The number of nitrogens with zero attached hydrogens (tertiary/aromatic N) is 3. The van der Waals surface area contributed by atoms with E-state index in [2.05, 4.69) is 5.10 Å². The van der Waals surface area contributed by atoms with Gasteiger partial charge in [-0.25, -0.2) is 13.5 Å². The van der Waals surface area contributed by atoms with Gasteiger partial charge in [0.1, 0.15) is 17.3 Å². The summed E-state index contributed by atoms with van der Waals surface area (Å²) in [5.41, 5.74) is 0.443. The van der Waals surface area contributed by atoms with Crippen molar-refractivity contribution >= 4 is 11.6 Å². The number of fused-ring (bicyclic) bond motifs is 1. The van der Waals surface area contributed by atoms with Crippen LogP contribution in [-0.2, 0) is 6.42 Å². The van der Waals surface area contributed by atoms with Crippen molar-refractivity contribution in [1.29, 1.82) is 0 Å². The van der Waals surface area contributed by atoms with Crippen LogP contribution in [0.5, 0.6) is 0 Å². The molecule has 0 spiro atoms. The zero-order valence-corrected chi connectivity index (χ0v) is 15.2. The zero-order chi connectivity index (χ0) is 19.8. The lowest BCUT2D eigenvalue weighted by molar-refractivity contribution is 0.0976. The smallest absolute Gasteiger partial charge is 0.282 e. The Kier molecular flexibility index (Phi) is 4.50. The molecule has 1 amide bonds. The maximum atomic E-state index is 14.4. The molecule has 7 heteroatoms. The fraction of sp³-hybridized carbons (Fsp3) is 0.190. The quantitative estimate of drug-likeness (QED) is 0.684. The van der Waals surface area contributed by atoms with Crippen LogP contribution >= 0.6 is 0 Å². The van der Waals surface area contributed by atoms with Gasteiger partial charge in [0.25, 0.3) is 5.91 Å². The highest BCUT2D eigenvalue weighted by molar-refractivity contribution is 6.05. The van der Waals surface area contributed by atoms with Crippen LogP contribution in [0.25, 0.3) is 5.69 Å². The maximum Gasteiger partial charge on any atom is 0.282 e. The number of carbonyl (C=O) groups is 1. The Morgan fingerprint density at radius 1 is 1.07 bits per heavy atom. The molecule has 0 saturated heterocycles. The molecule has 0 saturated carbocycles. The molecule has 1 aromatic heterocycles. The first-order valence-corrected chi connectivity index (χ1v) is 8.92. The van der Waals surface area contributed by atoms with Gasteiger partial charge < -0.3 is 4.90 Å². The van der Waals surface area contributed by atoms with Crippen molar-refractivity contribution in [3.05, 3.63) is 87.3 Å². The number of hydrogen-bond donors (Lipinski definition) is 0. The van der Waals surface area contributed by atoms with Crippen LogP contribution in [-0.4, -0.2) is 22.2 Å². The number of anilines is 1. The number of aryl methyl sites for hydroxylation is 2. The van der Waals surface area contributed by atoms with Gasteiger partial charge in [0, 0.05) is 18.3 Å². The number of carbonyl (C=O) groups excluding carboxylic acids is 1. The summed E-state index contributed by atoms with van der Waals surface area (Å²) in [5, 5.41) is 4.13. The highest BCUT2D eigenvalue weighted by atomic mass is 19.1. The Hall–Kier alpha value is -3.35. The number of benzene rings is 2. The van der Waals surface area contributed by atoms with Crippen LogP contribution < -0.4 is 10.3 Å². The van der Waals surface area contributed by atoms with Gasteiger partial charge in [-0.3, -0.25) is 9.59 Å². The van der Waals surface area contributed by atoms with Crippen LogP contribution in [0.15, 0.2) is 53.3 Å². The molecule has 3 aromatic rings. The average molecular weight is 381 g/mol. The fourth-order valence-corrected chi connectivity index (χ4v) is 3.50. The van der Waals surface area contributed by atoms with E-state index in [1.54, 1.807) is 25.1 Å². The minimum atomic E-state index is -0.693. The summed E-state index contributed by atoms with van der Waals surface area (Å²) in [7, 11) is 0. The number of para-hydroxylation sites is 2. The second kappa shape index (κ2) is 6.99. The summed E-state index contributed by atoms with van der Waals surface area (Å²) >= 11 is 0. The van der Waals surface area contributed by atoms with Crippen molar-refractivity contribution in [2.75, 3.05) is 11.4 Å². The van der Waals surface area contributed by atoms with E-state index < -0.39 is 23.0 Å². The number of amides is 1. The maximum absolute atomic E-state index is 14.4. The van der Waals surface area contributed by atoms with Gasteiger partial charge in [-0.2, -0.15) is 5.10 Å². The zero-order valence-electron chi connectivity index (χ0n) is 15.2. The molecule has 0 unspecified atom stereocenters. The number of rotatable bonds is 2. The molecule has 0 bridgehead atoms. The molecule has 0 radical (unpaired) electrons. The first-order valence-electron chi connectivity index (χ1n) is 8.92. The predicted octanol–water partition coefficient (Wildman–Crippen LogP) is 3.41. The summed E-state index contributed by atoms with van der Waals surface area (Å²) < 4.78 is 29.8. The third kappa shape index (κ3) is 2.98. The Morgan fingerprint density at radius 2 is 1.82 bits per heavy atom. The van der Waals surface area contributed by atoms with E-state index in [0.717, 1.165) is 0 Å². The van der Waals surface area contributed by atoms with Crippen LogP contribution in [0, 0.1) is 18.6 Å². The molecule has 0 fully saturated rings. The van der Waals surface area contributed by atoms with Crippen LogP contribution in [0.4, 0.5) is 14.5 Å². The minimum absolute atomic E-state index is 0.124. The lowest BCUT2D eigenvalue weighted by atomic mass is 10.0. The third-order valence-electron chi connectivity index (χ3n) is 4.80. The second-order valence-electron chi connectivity index (χ2n) is 6.67. The molecule has 4 rings (SSSR count). The van der Waals surface area contributed by atoms with Gasteiger partial charge >= 0.3 is 0 Å². The Bertz CT molecular complexity index is 1140. The summed E-state index contributed by atoms with van der Waals surface area (Å²) in [6.45, 7) is 1.88. The highest BCUT2D eigenvalue weighted by Crippen LogP contribution is 2.30. The first kappa shape index (κ1) is 18.0. The molecular weight excluding hydrogens is 364 g/mol. The van der Waals surface area contributed by atoms with Crippen LogP contribution in [0.1, 0.15) is 28.2 Å². The van der Waals surface area contributed by atoms with Gasteiger partial charge in [0.05, 0.1) is 5.69 Å². The summed E-state index contributed by atoms with van der Waals surface area (Å²) in [4.78, 5) is 26.8. The van der Waals surface area contributed by atoms with E-state index in [1.807, 2.05) is 0 Å². The van der Waals surface area contributed by atoms with Crippen LogP contribution in [0.2, 0.25) is 0 Å². The molecule has 142 valence electrons. The minimum Gasteiger partial charge on any atom is -0.304 e. The van der Waals surface area contributed by atoms with E-state index in [0.29, 0.717) is 24.1 Å². The Morgan fingerprint density at radius 3 is 2.61 bits per heavy atom. The van der Waals surface area contributed by atoms with Gasteiger partial charge in [-0.1, -0.05) is 24.3 Å². The van der Waals surface area contributed by atoms with Crippen molar-refractivity contribution in [3.63, 3.8) is 0 Å². The standard InChI is InChI=1S/C21H17F2N3O2/c1-13-12-18(27)19(24-26(13)17-10-3-2-8-15(17)22)21(28)25-11-5-7-14-6-4-9-16(23)20(14)25/h2-4,6,8-10,12H,5,7,11H2,1H3. The highest BCUT2D eigenvalue weighted by Gasteiger charge is 2.29. The van der Waals surface area contributed by atoms with E-state index >= 15 is 0 Å². The second-order valence-corrected chi connectivity index (χ2v) is 6.67. The molecule has 1 aliphatic heterocycles. The molecule has 1 aliphatic rings. The molecule has 2 heterocycles. The third-order valence-corrected chi connectivity index (χ3v) is 4.80. The summed E-state index contributed by atoms with van der Waals surface area (Å²) in [6, 6.07) is 11.8. The topological polar surface area (TPSA) is 55.2 Å². The molecule has 0 aliphatic carbocycles. The number of halogens is 2. The van der Waals surface area contributed by atoms with E-state index in [1.165, 1.54) is 39.9 Å². The van der Waals surface area contributed by atoms with Gasteiger partial charge in [-0.15, -0.1) is 0 Å². The number of aromatic nitrogens is 2.